The van der Waals surface area contributed by atoms with Gasteiger partial charge in [-0.3, -0.25) is 4.79 Å². The molecule has 0 spiro atoms. The Morgan fingerprint density at radius 1 is 1.03 bits per heavy atom. The Hall–Kier alpha value is -3.38. The Morgan fingerprint density at radius 3 is 2.43 bits per heavy atom. The van der Waals surface area contributed by atoms with Gasteiger partial charge in [0.2, 0.25) is 5.91 Å². The molecule has 0 aliphatic rings. The molecule has 1 amide bonds. The molecule has 1 N–H and O–H groups in total. The monoisotopic (exact) mass is 421 g/mol. The largest absolute Gasteiger partial charge is 0.497 e. The van der Waals surface area contributed by atoms with E-state index in [1.807, 2.05) is 62.4 Å². The molecule has 0 radical (unpaired) electrons. The zero-order chi connectivity index (χ0) is 21.7. The van der Waals surface area contributed by atoms with E-state index in [9.17, 15) is 9.59 Å². The van der Waals surface area contributed by atoms with Gasteiger partial charge in [0.05, 0.1) is 14.2 Å². The summed E-state index contributed by atoms with van der Waals surface area (Å²) in [7, 11) is 2.93. The molecule has 3 rings (SSSR count). The molecular formula is C24H23NO4S. The number of anilines is 1. The van der Waals surface area contributed by atoms with Crippen LogP contribution in [0.5, 0.6) is 5.75 Å². The third-order valence-electron chi connectivity index (χ3n) is 4.57. The van der Waals surface area contributed by atoms with Crippen LogP contribution in [-0.4, -0.2) is 26.1 Å². The molecule has 154 valence electrons. The van der Waals surface area contributed by atoms with Crippen molar-refractivity contribution in [2.45, 2.75) is 13.8 Å². The van der Waals surface area contributed by atoms with E-state index in [2.05, 4.69) is 5.32 Å². The van der Waals surface area contributed by atoms with Crippen LogP contribution in [0.1, 0.15) is 26.4 Å². The summed E-state index contributed by atoms with van der Waals surface area (Å²) in [5.41, 5.74) is 4.01. The number of amides is 1. The maximum Gasteiger partial charge on any atom is 0.341 e. The molecule has 30 heavy (non-hydrogen) atoms. The highest BCUT2D eigenvalue weighted by Gasteiger charge is 2.24. The van der Waals surface area contributed by atoms with Crippen molar-refractivity contribution in [1.82, 2.24) is 0 Å². The first-order valence-electron chi connectivity index (χ1n) is 9.34. The van der Waals surface area contributed by atoms with E-state index in [1.165, 1.54) is 24.5 Å². The lowest BCUT2D eigenvalue weighted by molar-refractivity contribution is -0.111. The standard InChI is InChI=1S/C24H23NO4S/c1-15-8-11-18(12-9-15)21-16(2)30-23(22(21)24(27)29-4)25-20(26)13-10-17-6-5-7-19(14-17)28-3/h5-14H,1-4H3,(H,25,26)/b13-10+. The average molecular weight is 422 g/mol. The summed E-state index contributed by atoms with van der Waals surface area (Å²) in [6.45, 7) is 3.93. The topological polar surface area (TPSA) is 64.6 Å². The van der Waals surface area contributed by atoms with E-state index in [1.54, 1.807) is 13.2 Å². The van der Waals surface area contributed by atoms with Gasteiger partial charge in [-0.25, -0.2) is 4.79 Å². The third kappa shape index (κ3) is 4.78. The first kappa shape index (κ1) is 21.3. The molecule has 0 saturated carbocycles. The lowest BCUT2D eigenvalue weighted by Gasteiger charge is -2.07. The molecule has 1 aromatic heterocycles. The van der Waals surface area contributed by atoms with Crippen LogP contribution in [0.2, 0.25) is 0 Å². The second-order valence-electron chi connectivity index (χ2n) is 6.69. The van der Waals surface area contributed by atoms with Gasteiger partial charge in [-0.05, 0) is 43.2 Å². The molecule has 0 bridgehead atoms. The second-order valence-corrected chi connectivity index (χ2v) is 7.92. The number of hydrogen-bond acceptors (Lipinski definition) is 5. The Morgan fingerprint density at radius 2 is 1.77 bits per heavy atom. The summed E-state index contributed by atoms with van der Waals surface area (Å²) >= 11 is 1.35. The average Bonchev–Trinajstić information content (AvgIpc) is 3.07. The first-order valence-corrected chi connectivity index (χ1v) is 10.2. The third-order valence-corrected chi connectivity index (χ3v) is 5.59. The van der Waals surface area contributed by atoms with E-state index < -0.39 is 5.97 Å². The van der Waals surface area contributed by atoms with Gasteiger partial charge in [0.1, 0.15) is 16.3 Å². The van der Waals surface area contributed by atoms with Gasteiger partial charge in [0.25, 0.3) is 0 Å². The van der Waals surface area contributed by atoms with Crippen molar-refractivity contribution in [3.8, 4) is 16.9 Å². The van der Waals surface area contributed by atoms with E-state index in [0.717, 1.165) is 27.1 Å². The van der Waals surface area contributed by atoms with Crippen LogP contribution in [0.3, 0.4) is 0 Å². The molecule has 0 atom stereocenters. The van der Waals surface area contributed by atoms with Crippen LogP contribution in [0.4, 0.5) is 5.00 Å². The molecular weight excluding hydrogens is 398 g/mol. The molecule has 1 heterocycles. The molecule has 0 saturated heterocycles. The number of aryl methyl sites for hydroxylation is 2. The summed E-state index contributed by atoms with van der Waals surface area (Å²) in [5.74, 6) is -0.108. The maximum atomic E-state index is 12.5. The molecule has 5 nitrogen and oxygen atoms in total. The lowest BCUT2D eigenvalue weighted by atomic mass is 10.0. The van der Waals surface area contributed by atoms with E-state index in [4.69, 9.17) is 9.47 Å². The summed E-state index contributed by atoms with van der Waals surface area (Å²) in [6, 6.07) is 15.3. The fourth-order valence-electron chi connectivity index (χ4n) is 3.07. The van der Waals surface area contributed by atoms with Crippen LogP contribution in [-0.2, 0) is 9.53 Å². The minimum atomic E-state index is -0.484. The number of thiophene rings is 1. The number of methoxy groups -OCH3 is 2. The zero-order valence-electron chi connectivity index (χ0n) is 17.3. The summed E-state index contributed by atoms with van der Waals surface area (Å²) in [5, 5.41) is 3.30. The SMILES string of the molecule is COC(=O)c1c(NC(=O)/C=C/c2cccc(OC)c2)sc(C)c1-c1ccc(C)cc1. The fraction of sp³-hybridized carbons (Fsp3) is 0.167. The van der Waals surface area contributed by atoms with Crippen molar-refractivity contribution in [3.63, 3.8) is 0 Å². The molecule has 0 fully saturated rings. The van der Waals surface area contributed by atoms with Crippen LogP contribution >= 0.6 is 11.3 Å². The van der Waals surface area contributed by atoms with Gasteiger partial charge in [0.15, 0.2) is 0 Å². The van der Waals surface area contributed by atoms with Crippen LogP contribution in [0, 0.1) is 13.8 Å². The second kappa shape index (κ2) is 9.41. The molecule has 3 aromatic rings. The van der Waals surface area contributed by atoms with E-state index in [-0.39, 0.29) is 5.91 Å². The van der Waals surface area contributed by atoms with Crippen molar-refractivity contribution < 1.29 is 19.1 Å². The number of nitrogens with one attached hydrogen (secondary N) is 1. The maximum absolute atomic E-state index is 12.5. The molecule has 0 aliphatic carbocycles. The Balaban J connectivity index is 1.90. The molecule has 2 aromatic carbocycles. The fourth-order valence-corrected chi connectivity index (χ4v) is 4.14. The van der Waals surface area contributed by atoms with Crippen molar-refractivity contribution in [3.05, 3.63) is 76.2 Å². The van der Waals surface area contributed by atoms with Gasteiger partial charge in [-0.1, -0.05) is 42.0 Å². The van der Waals surface area contributed by atoms with E-state index in [0.29, 0.717) is 16.3 Å². The number of ether oxygens (including phenoxy) is 2. The van der Waals surface area contributed by atoms with Crippen molar-refractivity contribution in [2.24, 2.45) is 0 Å². The van der Waals surface area contributed by atoms with Crippen LogP contribution in [0.25, 0.3) is 17.2 Å². The summed E-state index contributed by atoms with van der Waals surface area (Å²) in [6.07, 6.45) is 3.12. The molecule has 0 unspecified atom stereocenters. The number of rotatable bonds is 6. The first-order chi connectivity index (χ1) is 14.4. The van der Waals surface area contributed by atoms with Crippen LogP contribution < -0.4 is 10.1 Å². The smallest absolute Gasteiger partial charge is 0.341 e. The summed E-state index contributed by atoms with van der Waals surface area (Å²) < 4.78 is 10.2. The highest BCUT2D eigenvalue weighted by molar-refractivity contribution is 7.17. The number of benzene rings is 2. The van der Waals surface area contributed by atoms with Gasteiger partial charge in [-0.2, -0.15) is 0 Å². The minimum Gasteiger partial charge on any atom is -0.497 e. The Kier molecular flexibility index (Phi) is 6.69. The number of esters is 1. The summed E-state index contributed by atoms with van der Waals surface area (Å²) in [4.78, 5) is 26.0. The van der Waals surface area contributed by atoms with Gasteiger partial charge in [0, 0.05) is 16.5 Å². The number of hydrogen-bond donors (Lipinski definition) is 1. The Labute approximate surface area is 180 Å². The van der Waals surface area contributed by atoms with Gasteiger partial charge >= 0.3 is 5.97 Å². The number of carbonyl (C=O) groups is 2. The predicted octanol–water partition coefficient (Wildman–Crippen LogP) is 5.48. The quantitative estimate of drug-likeness (QED) is 0.423. The van der Waals surface area contributed by atoms with Gasteiger partial charge in [-0.15, -0.1) is 11.3 Å². The van der Waals surface area contributed by atoms with Crippen molar-refractivity contribution >= 4 is 34.3 Å². The van der Waals surface area contributed by atoms with Gasteiger partial charge < -0.3 is 14.8 Å². The lowest BCUT2D eigenvalue weighted by Crippen LogP contribution is -2.11. The van der Waals surface area contributed by atoms with E-state index >= 15 is 0 Å². The minimum absolute atomic E-state index is 0.334. The van der Waals surface area contributed by atoms with Crippen LogP contribution in [0.15, 0.2) is 54.6 Å². The van der Waals surface area contributed by atoms with Crippen molar-refractivity contribution in [2.75, 3.05) is 19.5 Å². The zero-order valence-corrected chi connectivity index (χ0v) is 18.1. The van der Waals surface area contributed by atoms with Crippen molar-refractivity contribution in [1.29, 1.82) is 0 Å². The number of carbonyl (C=O) groups excluding carboxylic acids is 2. The highest BCUT2D eigenvalue weighted by Crippen LogP contribution is 2.40. The molecule has 0 aliphatic heterocycles. The Bertz CT molecular complexity index is 1100. The highest BCUT2D eigenvalue weighted by atomic mass is 32.1. The normalized spacial score (nSPS) is 10.8. The molecule has 6 heteroatoms. The predicted molar refractivity (Wildman–Crippen MR) is 121 cm³/mol.